The molecule has 0 unspecified atom stereocenters. The first-order valence-electron chi connectivity index (χ1n) is 5.78. The fourth-order valence-electron chi connectivity index (χ4n) is 1.64. The second-order valence-corrected chi connectivity index (χ2v) is 5.84. The molecule has 2 rings (SSSR count). The molecule has 0 radical (unpaired) electrons. The number of benzene rings is 1. The van der Waals surface area contributed by atoms with Crippen LogP contribution in [0.4, 0.5) is 10.1 Å². The van der Waals surface area contributed by atoms with Gasteiger partial charge in [-0.1, -0.05) is 0 Å². The average Bonchev–Trinajstić information content (AvgIpc) is 2.41. The molecule has 0 spiro atoms. The first kappa shape index (κ1) is 14.4. The molecule has 1 heterocycles. The van der Waals surface area contributed by atoms with Crippen LogP contribution in [0.15, 0.2) is 41.4 Å². The van der Waals surface area contributed by atoms with Gasteiger partial charge in [0.15, 0.2) is 0 Å². The van der Waals surface area contributed by atoms with Gasteiger partial charge in [0, 0.05) is 11.8 Å². The Labute approximate surface area is 116 Å². The highest BCUT2D eigenvalue weighted by Crippen LogP contribution is 2.20. The van der Waals surface area contributed by atoms with Gasteiger partial charge in [-0.2, -0.15) is 0 Å². The number of hydrogen-bond donors (Lipinski definition) is 2. The van der Waals surface area contributed by atoms with E-state index in [9.17, 15) is 12.8 Å². The number of rotatable bonds is 4. The molecule has 0 aliphatic heterocycles. The van der Waals surface area contributed by atoms with E-state index >= 15 is 0 Å². The molecular weight excluding hydrogens is 283 g/mol. The van der Waals surface area contributed by atoms with Gasteiger partial charge in [0.25, 0.3) is 10.0 Å². The number of halogens is 1. The Morgan fingerprint density at radius 1 is 1.35 bits per heavy atom. The summed E-state index contributed by atoms with van der Waals surface area (Å²) < 4.78 is 40.0. The van der Waals surface area contributed by atoms with Gasteiger partial charge in [-0.3, -0.25) is 9.71 Å². The smallest absolute Gasteiger partial charge is 0.261 e. The molecule has 0 bridgehead atoms. The second kappa shape index (κ2) is 5.56. The van der Waals surface area contributed by atoms with E-state index in [1.165, 1.54) is 0 Å². The molecule has 7 heteroatoms. The third-order valence-electron chi connectivity index (χ3n) is 2.75. The van der Waals surface area contributed by atoms with E-state index in [4.69, 9.17) is 5.11 Å². The van der Waals surface area contributed by atoms with Crippen molar-refractivity contribution < 1.29 is 17.9 Å². The molecule has 2 aromatic rings. The topological polar surface area (TPSA) is 79.3 Å². The zero-order chi connectivity index (χ0) is 14.8. The molecular formula is C13H13FN2O3S. The summed E-state index contributed by atoms with van der Waals surface area (Å²) in [5.74, 6) is -0.649. The first-order chi connectivity index (χ1) is 9.44. The summed E-state index contributed by atoms with van der Waals surface area (Å²) in [5.41, 5.74) is 0.804. The maximum Gasteiger partial charge on any atom is 0.261 e. The highest BCUT2D eigenvalue weighted by atomic mass is 32.2. The number of hydrogen-bond acceptors (Lipinski definition) is 4. The molecule has 1 aromatic carbocycles. The zero-order valence-corrected chi connectivity index (χ0v) is 11.5. The van der Waals surface area contributed by atoms with Gasteiger partial charge in [-0.15, -0.1) is 0 Å². The average molecular weight is 296 g/mol. The Hall–Kier alpha value is -1.99. The van der Waals surface area contributed by atoms with Crippen molar-refractivity contribution in [2.75, 3.05) is 4.72 Å². The van der Waals surface area contributed by atoms with E-state index in [0.717, 1.165) is 18.2 Å². The minimum absolute atomic E-state index is 0.0733. The normalized spacial score (nSPS) is 11.3. The Balaban J connectivity index is 2.38. The van der Waals surface area contributed by atoms with Crippen LogP contribution in [0.1, 0.15) is 11.3 Å². The molecule has 5 nitrogen and oxygen atoms in total. The fraction of sp³-hybridized carbons (Fsp3) is 0.154. The van der Waals surface area contributed by atoms with Gasteiger partial charge in [0.2, 0.25) is 0 Å². The highest BCUT2D eigenvalue weighted by Gasteiger charge is 2.17. The van der Waals surface area contributed by atoms with Gasteiger partial charge in [-0.05, 0) is 37.3 Å². The Morgan fingerprint density at radius 2 is 2.10 bits per heavy atom. The van der Waals surface area contributed by atoms with E-state index in [0.29, 0.717) is 11.4 Å². The van der Waals surface area contributed by atoms with Crippen LogP contribution < -0.4 is 4.72 Å². The number of sulfonamides is 1. The quantitative estimate of drug-likeness (QED) is 0.902. The van der Waals surface area contributed by atoms with Crippen LogP contribution in [0, 0.1) is 12.7 Å². The number of pyridine rings is 1. The third-order valence-corrected chi connectivity index (χ3v) is 4.11. The first-order valence-corrected chi connectivity index (χ1v) is 7.26. The van der Waals surface area contributed by atoms with Gasteiger partial charge < -0.3 is 5.11 Å². The lowest BCUT2D eigenvalue weighted by molar-refractivity contribution is 0.275. The number of aryl methyl sites for hydroxylation is 1. The number of aliphatic hydroxyl groups excluding tert-OH is 1. The van der Waals surface area contributed by atoms with Crippen LogP contribution in [0.25, 0.3) is 0 Å². The molecule has 0 atom stereocenters. The van der Waals surface area contributed by atoms with Gasteiger partial charge in [0.05, 0.1) is 22.9 Å². The third kappa shape index (κ3) is 2.94. The van der Waals surface area contributed by atoms with E-state index in [1.807, 2.05) is 0 Å². The van der Waals surface area contributed by atoms with Crippen molar-refractivity contribution in [2.45, 2.75) is 18.4 Å². The second-order valence-electron chi connectivity index (χ2n) is 4.15. The highest BCUT2D eigenvalue weighted by molar-refractivity contribution is 7.92. The minimum atomic E-state index is -3.85. The van der Waals surface area contributed by atoms with E-state index in [-0.39, 0.29) is 10.5 Å². The molecule has 1 aromatic heterocycles. The van der Waals surface area contributed by atoms with Crippen molar-refractivity contribution in [3.63, 3.8) is 0 Å². The van der Waals surface area contributed by atoms with Crippen molar-refractivity contribution in [2.24, 2.45) is 0 Å². The van der Waals surface area contributed by atoms with Crippen LogP contribution in [-0.4, -0.2) is 18.5 Å². The van der Waals surface area contributed by atoms with Crippen molar-refractivity contribution in [1.82, 2.24) is 4.98 Å². The van der Waals surface area contributed by atoms with Crippen LogP contribution in [-0.2, 0) is 16.6 Å². The maximum absolute atomic E-state index is 13.3. The van der Waals surface area contributed by atoms with E-state index in [2.05, 4.69) is 9.71 Å². The molecule has 106 valence electrons. The molecule has 0 saturated carbocycles. The van der Waals surface area contributed by atoms with Gasteiger partial charge >= 0.3 is 0 Å². The fourth-order valence-corrected chi connectivity index (χ4v) is 2.80. The summed E-state index contributed by atoms with van der Waals surface area (Å²) in [4.78, 5) is 3.86. The number of aromatic nitrogens is 1. The van der Waals surface area contributed by atoms with Crippen LogP contribution in [0.2, 0.25) is 0 Å². The van der Waals surface area contributed by atoms with E-state index in [1.54, 1.807) is 25.3 Å². The zero-order valence-electron chi connectivity index (χ0n) is 10.7. The summed E-state index contributed by atoms with van der Waals surface area (Å²) >= 11 is 0. The van der Waals surface area contributed by atoms with Gasteiger partial charge in [-0.25, -0.2) is 12.8 Å². The number of anilines is 1. The maximum atomic E-state index is 13.3. The predicted molar refractivity (Wildman–Crippen MR) is 72.1 cm³/mol. The Morgan fingerprint density at radius 3 is 2.75 bits per heavy atom. The van der Waals surface area contributed by atoms with Crippen molar-refractivity contribution >= 4 is 15.7 Å². The molecule has 0 fully saturated rings. The molecule has 2 N–H and O–H groups in total. The summed E-state index contributed by atoms with van der Waals surface area (Å²) in [7, 11) is -3.85. The summed E-state index contributed by atoms with van der Waals surface area (Å²) in [6, 6.07) is 6.44. The summed E-state index contributed by atoms with van der Waals surface area (Å²) in [5, 5.41) is 8.98. The number of nitrogens with zero attached hydrogens (tertiary/aromatic N) is 1. The number of nitrogens with one attached hydrogen (secondary N) is 1. The number of aliphatic hydroxyl groups is 1. The molecule has 0 saturated heterocycles. The largest absolute Gasteiger partial charge is 0.392 e. The lowest BCUT2D eigenvalue weighted by Gasteiger charge is -2.10. The van der Waals surface area contributed by atoms with Gasteiger partial charge in [0.1, 0.15) is 5.82 Å². The van der Waals surface area contributed by atoms with Crippen LogP contribution >= 0.6 is 0 Å². The Kier molecular flexibility index (Phi) is 4.01. The lowest BCUT2D eigenvalue weighted by atomic mass is 10.2. The van der Waals surface area contributed by atoms with E-state index < -0.39 is 22.4 Å². The minimum Gasteiger partial charge on any atom is -0.392 e. The molecule has 20 heavy (non-hydrogen) atoms. The predicted octanol–water partition coefficient (Wildman–Crippen LogP) is 1.82. The molecule has 0 amide bonds. The molecule has 0 aliphatic carbocycles. The standard InChI is InChI=1S/C13H13FN2O3S/c1-9-13(3-2-6-15-9)16-20(18,19)11-4-5-12(14)10(7-11)8-17/h2-7,16-17H,8H2,1H3. The molecule has 0 aliphatic rings. The van der Waals surface area contributed by atoms with Crippen molar-refractivity contribution in [1.29, 1.82) is 0 Å². The van der Waals surface area contributed by atoms with Crippen LogP contribution in [0.5, 0.6) is 0 Å². The monoisotopic (exact) mass is 296 g/mol. The lowest BCUT2D eigenvalue weighted by Crippen LogP contribution is -2.14. The van der Waals surface area contributed by atoms with Crippen LogP contribution in [0.3, 0.4) is 0 Å². The van der Waals surface area contributed by atoms with Crippen molar-refractivity contribution in [3.05, 3.63) is 53.6 Å². The SMILES string of the molecule is Cc1ncccc1NS(=O)(=O)c1ccc(F)c(CO)c1. The summed E-state index contributed by atoms with van der Waals surface area (Å²) in [6.07, 6.45) is 1.55. The van der Waals surface area contributed by atoms with Crippen molar-refractivity contribution in [3.8, 4) is 0 Å². The summed E-state index contributed by atoms with van der Waals surface area (Å²) in [6.45, 7) is 1.10. The Bertz CT molecular complexity index is 732.